The largest absolute Gasteiger partial charge is 0.379 e. The van der Waals surface area contributed by atoms with Gasteiger partial charge in [-0.3, -0.25) is 48.7 Å². The van der Waals surface area contributed by atoms with Crippen LogP contribution in [0.3, 0.4) is 0 Å². The molecule has 3 unspecified atom stereocenters. The van der Waals surface area contributed by atoms with Crippen molar-refractivity contribution in [2.24, 2.45) is 24.8 Å². The zero-order chi connectivity index (χ0) is 97.4. The van der Waals surface area contributed by atoms with Crippen LogP contribution in [0.15, 0.2) is 122 Å². The third kappa shape index (κ3) is 25.0. The number of para-hydroxylation sites is 4. The molecule has 6 fully saturated rings. The quantitative estimate of drug-likeness (QED) is 0.0359. The summed E-state index contributed by atoms with van der Waals surface area (Å²) in [6, 6.07) is 29.2. The van der Waals surface area contributed by atoms with Crippen LogP contribution >= 0.6 is 23.2 Å². The van der Waals surface area contributed by atoms with Crippen molar-refractivity contribution in [2.45, 2.75) is 155 Å². The predicted molar refractivity (Wildman–Crippen MR) is 517 cm³/mol. The van der Waals surface area contributed by atoms with Gasteiger partial charge in [0, 0.05) is 137 Å². The molecule has 0 radical (unpaired) electrons. The number of hydrogen-bond donors (Lipinski definition) is 14. The van der Waals surface area contributed by atoms with Crippen molar-refractivity contribution in [2.75, 3.05) is 138 Å². The van der Waals surface area contributed by atoms with E-state index in [1.165, 1.54) is 17.7 Å². The topological polar surface area (TPSA) is 429 Å². The number of aromatic nitrogens is 12. The number of ether oxygens (including phenoxy) is 6. The van der Waals surface area contributed by atoms with E-state index in [9.17, 15) is 37.5 Å². The van der Waals surface area contributed by atoms with Crippen molar-refractivity contribution in [1.29, 1.82) is 0 Å². The molecule has 18 rings (SSSR count). The second-order valence-corrected chi connectivity index (χ2v) is 38.9. The second-order valence-electron chi connectivity index (χ2n) is 38.1. The number of morpholine rings is 3. The summed E-state index contributed by atoms with van der Waals surface area (Å²) in [7, 11) is 1.94. The van der Waals surface area contributed by atoms with Gasteiger partial charge in [0.2, 0.25) is 11.8 Å². The lowest BCUT2D eigenvalue weighted by molar-refractivity contribution is -0.136. The summed E-state index contributed by atoms with van der Waals surface area (Å²) in [4.78, 5) is 83.9. The minimum absolute atomic E-state index is 0.000793. The van der Waals surface area contributed by atoms with E-state index in [1.807, 2.05) is 164 Å². The van der Waals surface area contributed by atoms with Crippen molar-refractivity contribution in [3.63, 3.8) is 0 Å². The minimum atomic E-state index is -0.722. The van der Waals surface area contributed by atoms with Gasteiger partial charge in [0.15, 0.2) is 11.6 Å². The molecule has 0 spiro atoms. The molecule has 0 aliphatic carbocycles. The summed E-state index contributed by atoms with van der Waals surface area (Å²) in [5, 5.41) is 64.8. The van der Waals surface area contributed by atoms with Gasteiger partial charge in [-0.1, -0.05) is 97.7 Å². The lowest BCUT2D eigenvalue weighted by Crippen LogP contribution is -2.52. The van der Waals surface area contributed by atoms with Crippen LogP contribution in [0.4, 0.5) is 8.78 Å². The molecule has 136 heavy (non-hydrogen) atoms. The number of aryl methyl sites for hydroxylation is 3. The number of pyridine rings is 2. The molecular weight excluding hydrogens is 1790 g/mol. The number of aromatic amines is 3. The number of amides is 5. The van der Waals surface area contributed by atoms with E-state index in [0.29, 0.717) is 137 Å². The molecule has 5 amide bonds. The maximum atomic E-state index is 13.8. The molecular formula is C97H129Cl2F2N23O12. The number of H-pyrrole nitrogens is 3. The molecule has 39 heteroatoms. The van der Waals surface area contributed by atoms with E-state index in [-0.39, 0.29) is 81.2 Å². The third-order valence-electron chi connectivity index (χ3n) is 24.7. The number of imidazole rings is 2. The first-order valence-corrected chi connectivity index (χ1v) is 46.9. The SMILES string of the molecule is CC(C)(CC(=O)C1CNCCOC1)c1[nH]nc2c(Cl)cccc12.CC(C)(NC(=O)C1CNCCOC1)c1[nH]nc2c(F)cccc12.CC(C)(NC(=O)[C@@H]1CNCCO1)c1[nH]nc2c(F)cccc12.CC(C)(NC(=O)[C@@H]1CNCCO1)c1ncc2c(Cl)cccn12.Cc1cccc2c(C(C)(C)NC(=O)C3CNCCOC3)nn(C)c12.Cc1cccn2c(C(C)(C)NC(=O)[C@@H]3CNCCO3)ncc12. The molecule has 732 valence electrons. The minimum Gasteiger partial charge on any atom is -0.379 e. The average molecular weight is 1920 g/mol. The summed E-state index contributed by atoms with van der Waals surface area (Å²) < 4.78 is 66.2. The predicted octanol–water partition coefficient (Wildman–Crippen LogP) is 8.80. The number of nitrogens with zero attached hydrogens (tertiary/aromatic N) is 9. The van der Waals surface area contributed by atoms with Gasteiger partial charge in [-0.05, 0) is 131 Å². The molecule has 0 saturated carbocycles. The highest BCUT2D eigenvalue weighted by atomic mass is 35.5. The molecule has 8 aromatic heterocycles. The number of halogens is 4. The first-order chi connectivity index (χ1) is 64.8. The fraction of sp³-hybridized carbons (Fsp3) is 0.505. The smallest absolute Gasteiger partial charge is 0.251 e. The molecule has 14 N–H and O–H groups in total. The van der Waals surface area contributed by atoms with Gasteiger partial charge < -0.3 is 95.7 Å². The number of nitrogens with one attached hydrogen (secondary N) is 14. The molecule has 6 saturated heterocycles. The Hall–Kier alpha value is -10.9. The number of ketones is 1. The lowest BCUT2D eigenvalue weighted by atomic mass is 9.80. The number of rotatable bonds is 19. The molecule has 6 aliphatic rings. The number of carbonyl (C=O) groups excluding carboxylic acids is 6. The van der Waals surface area contributed by atoms with Gasteiger partial charge in [-0.2, -0.15) is 20.4 Å². The Morgan fingerprint density at radius 3 is 1.29 bits per heavy atom. The van der Waals surface area contributed by atoms with Gasteiger partial charge in [-0.15, -0.1) is 0 Å². The number of carbonyl (C=O) groups is 6. The van der Waals surface area contributed by atoms with E-state index in [0.717, 1.165) is 101 Å². The van der Waals surface area contributed by atoms with Gasteiger partial charge in [0.25, 0.3) is 17.7 Å². The van der Waals surface area contributed by atoms with Crippen molar-refractivity contribution in [3.8, 4) is 0 Å². The van der Waals surface area contributed by atoms with E-state index in [4.69, 9.17) is 56.7 Å². The molecule has 4 aromatic carbocycles. The summed E-state index contributed by atoms with van der Waals surface area (Å²) >= 11 is 12.4. The van der Waals surface area contributed by atoms with Crippen LogP contribution in [0.25, 0.3) is 54.6 Å². The lowest BCUT2D eigenvalue weighted by Gasteiger charge is -2.30. The van der Waals surface area contributed by atoms with Crippen molar-refractivity contribution in [1.82, 2.24) is 118 Å². The van der Waals surface area contributed by atoms with E-state index < -0.39 is 46.0 Å². The fourth-order valence-electron chi connectivity index (χ4n) is 17.4. The number of hydrogen-bond acceptors (Lipinski definition) is 24. The highest BCUT2D eigenvalue weighted by molar-refractivity contribution is 6.35. The Bertz CT molecular complexity index is 5710. The molecule has 0 bridgehead atoms. The van der Waals surface area contributed by atoms with Crippen molar-refractivity contribution < 1.29 is 66.0 Å². The zero-order valence-electron chi connectivity index (χ0n) is 80.0. The first-order valence-electron chi connectivity index (χ1n) is 46.2. The monoisotopic (exact) mass is 1920 g/mol. The Balaban J connectivity index is 0.000000138. The highest BCUT2D eigenvalue weighted by Gasteiger charge is 2.40. The Labute approximate surface area is 799 Å². The van der Waals surface area contributed by atoms with Crippen LogP contribution in [0.1, 0.15) is 135 Å². The van der Waals surface area contributed by atoms with Crippen LogP contribution in [-0.4, -0.2) is 251 Å². The molecule has 6 atom stereocenters. The fourth-order valence-corrected chi connectivity index (χ4v) is 17.8. The van der Waals surface area contributed by atoms with Gasteiger partial charge in [-0.25, -0.2) is 18.7 Å². The number of fused-ring (bicyclic) bond motifs is 6. The average Bonchev–Trinajstić information content (AvgIpc) is 1.61. The van der Waals surface area contributed by atoms with Crippen LogP contribution in [0.2, 0.25) is 10.0 Å². The van der Waals surface area contributed by atoms with E-state index in [1.54, 1.807) is 30.5 Å². The maximum Gasteiger partial charge on any atom is 0.251 e. The molecule has 35 nitrogen and oxygen atoms in total. The van der Waals surface area contributed by atoms with Crippen LogP contribution in [0, 0.1) is 43.2 Å². The zero-order valence-corrected chi connectivity index (χ0v) is 81.5. The van der Waals surface area contributed by atoms with Crippen LogP contribution < -0.4 is 58.5 Å². The Morgan fingerprint density at radius 1 is 0.419 bits per heavy atom. The van der Waals surface area contributed by atoms with Gasteiger partial charge in [0.1, 0.15) is 52.3 Å². The third-order valence-corrected chi connectivity index (χ3v) is 25.3. The van der Waals surface area contributed by atoms with Crippen molar-refractivity contribution >= 4 is 113 Å². The maximum absolute atomic E-state index is 13.8. The second kappa shape index (κ2) is 45.2. The number of Topliss-reactive ketones (excluding diaryl/α,β-unsaturated/α-hetero) is 1. The highest BCUT2D eigenvalue weighted by Crippen LogP contribution is 2.37. The first kappa shape index (κ1) is 103. The summed E-state index contributed by atoms with van der Waals surface area (Å²) in [6.07, 6.45) is 6.42. The van der Waals surface area contributed by atoms with Crippen LogP contribution in [-0.2, 0) is 97.3 Å². The summed E-state index contributed by atoms with van der Waals surface area (Å²) in [5.74, 6) is -0.0749. The Morgan fingerprint density at radius 2 is 0.794 bits per heavy atom. The summed E-state index contributed by atoms with van der Waals surface area (Å²) in [6.45, 7) is 40.4. The van der Waals surface area contributed by atoms with Gasteiger partial charge >= 0.3 is 0 Å². The standard InChI is InChI=1S/C18H26N4O2.C17H22ClN3O2.C16H21FN4O2.C16H22N4O2.C15H19ClN4O2.C15H19FN4O2/c1-12-6-5-7-14-15(12)22(4)21-16(14)18(2,3)20-17(23)13-10-19-8-9-24-11-13;1-17(2,8-14(22)11-9-19-6-7-23-10-11)16-12-4-3-5-13(18)15(12)20-21-16;1-16(2,19-15(22)10-8-18-6-7-23-9-10)14-11-4-3-5-12(17)13(11)20-21-14;1-11-5-4-7-20-12(11)9-18-15(20)16(2,3)19-14(21)13-10-17-6-8-22-13;1-15(2,19-13(21)12-9-17-5-7-22-12)14-18-8-11-10(16)4-3-6-20(11)14;1-15(2,18-14(21)11-8-17-6-7-22-11)13-9-4-3-5-10(16)12(9)19-20-13/h5-7,13,19H,8-11H2,1-4H3,(H,20,23);3-5,11,19H,6-10H2,1-2H3,(H,20,21);3-5,10,18H,6-9H2,1-2H3,(H,19,22)(H,20,21);4-5,7,9,13,17H,6,8,10H2,1-3H3,(H,19,21);3-4,6,8,12,17H,5,7,9H2,1-2H3,(H,19,21);3-5,11,17H,6-8H2,1-2H3,(H,18,21)(H,19,20)/t;;;13-;12-;11-/m...000/s1. The number of benzene rings is 4. The van der Waals surface area contributed by atoms with Crippen molar-refractivity contribution in [3.05, 3.63) is 189 Å². The molecule has 12 aromatic rings. The van der Waals surface area contributed by atoms with E-state index in [2.05, 4.69) is 132 Å². The molecule has 14 heterocycles. The Kier molecular flexibility index (Phi) is 34.0. The summed E-state index contributed by atoms with van der Waals surface area (Å²) in [5.41, 5.74) is 6.25. The molecule has 6 aliphatic heterocycles. The van der Waals surface area contributed by atoms with Crippen LogP contribution in [0.5, 0.6) is 0 Å². The normalized spacial score (nSPS) is 19.4. The van der Waals surface area contributed by atoms with E-state index >= 15 is 0 Å². The van der Waals surface area contributed by atoms with Gasteiger partial charge in [0.05, 0.1) is 161 Å².